The average Bonchev–Trinajstić information content (AvgIpc) is 2.46. The first kappa shape index (κ1) is 18.4. The van der Waals surface area contributed by atoms with E-state index in [0.717, 1.165) is 0 Å². The van der Waals surface area contributed by atoms with E-state index in [4.69, 9.17) is 11.6 Å². The molecule has 0 unspecified atom stereocenters. The number of sulfonamides is 1. The normalized spacial score (nSPS) is 12.0. The van der Waals surface area contributed by atoms with Gasteiger partial charge in [-0.25, -0.2) is 13.1 Å². The molecule has 0 radical (unpaired) electrons. The minimum absolute atomic E-state index is 0.0583. The van der Waals surface area contributed by atoms with Crippen molar-refractivity contribution in [3.8, 4) is 0 Å². The number of para-hydroxylation sites is 1. The molecule has 0 aliphatic carbocycles. The molecule has 0 aliphatic heterocycles. The summed E-state index contributed by atoms with van der Waals surface area (Å²) in [5, 5.41) is 2.77. The van der Waals surface area contributed by atoms with Crippen molar-refractivity contribution in [2.75, 3.05) is 5.32 Å². The molecule has 2 aromatic rings. The molecular weight excluding hydrogens is 348 g/mol. The summed E-state index contributed by atoms with van der Waals surface area (Å²) < 4.78 is 27.5. The molecular formula is C17H19ClN2O3S. The lowest BCUT2D eigenvalue weighted by molar-refractivity contribution is 0.102. The van der Waals surface area contributed by atoms with Gasteiger partial charge in [-0.15, -0.1) is 0 Å². The number of amides is 1. The van der Waals surface area contributed by atoms with E-state index >= 15 is 0 Å². The molecule has 0 heterocycles. The lowest BCUT2D eigenvalue weighted by Gasteiger charge is -2.21. The van der Waals surface area contributed by atoms with E-state index < -0.39 is 21.5 Å². The van der Waals surface area contributed by atoms with Gasteiger partial charge in [0, 0.05) is 16.8 Å². The summed E-state index contributed by atoms with van der Waals surface area (Å²) in [5.41, 5.74) is 0.164. The number of anilines is 1. The van der Waals surface area contributed by atoms with Crippen LogP contribution in [0.2, 0.25) is 5.02 Å². The van der Waals surface area contributed by atoms with Crippen molar-refractivity contribution in [2.45, 2.75) is 31.2 Å². The van der Waals surface area contributed by atoms with Crippen LogP contribution in [0.3, 0.4) is 0 Å². The van der Waals surface area contributed by atoms with E-state index in [9.17, 15) is 13.2 Å². The maximum absolute atomic E-state index is 12.5. The molecule has 2 aromatic carbocycles. The van der Waals surface area contributed by atoms with Crippen LogP contribution in [0.1, 0.15) is 31.1 Å². The summed E-state index contributed by atoms with van der Waals surface area (Å²) in [6.07, 6.45) is 0. The fourth-order valence-electron chi connectivity index (χ4n) is 2.03. The van der Waals surface area contributed by atoms with Gasteiger partial charge in [-0.3, -0.25) is 4.79 Å². The Morgan fingerprint density at radius 3 is 2.25 bits per heavy atom. The van der Waals surface area contributed by atoms with Crippen LogP contribution in [0.4, 0.5) is 5.69 Å². The molecule has 1 amide bonds. The Bertz CT molecular complexity index is 844. The largest absolute Gasteiger partial charge is 0.322 e. The summed E-state index contributed by atoms with van der Waals surface area (Å²) in [4.78, 5) is 12.2. The maximum atomic E-state index is 12.5. The van der Waals surface area contributed by atoms with Gasteiger partial charge in [-0.1, -0.05) is 29.8 Å². The van der Waals surface area contributed by atoms with Crippen LogP contribution >= 0.6 is 11.6 Å². The number of rotatable bonds is 4. The van der Waals surface area contributed by atoms with Gasteiger partial charge in [-0.05, 0) is 51.1 Å². The average molecular weight is 367 g/mol. The molecule has 0 bridgehead atoms. The van der Waals surface area contributed by atoms with E-state index in [1.165, 1.54) is 18.2 Å². The second kappa shape index (κ2) is 6.93. The number of nitrogens with one attached hydrogen (secondary N) is 2. The Labute approximate surface area is 147 Å². The van der Waals surface area contributed by atoms with Crippen LogP contribution in [0, 0.1) is 0 Å². The van der Waals surface area contributed by atoms with Gasteiger partial charge in [0.25, 0.3) is 5.91 Å². The Balaban J connectivity index is 2.33. The molecule has 0 aliphatic rings. The molecule has 7 heteroatoms. The topological polar surface area (TPSA) is 75.3 Å². The quantitative estimate of drug-likeness (QED) is 0.866. The minimum atomic E-state index is -3.84. The number of hydrogen-bond acceptors (Lipinski definition) is 3. The Morgan fingerprint density at radius 1 is 1.04 bits per heavy atom. The summed E-state index contributed by atoms with van der Waals surface area (Å²) in [5.74, 6) is -0.412. The molecule has 0 aromatic heterocycles. The fourth-order valence-corrected chi connectivity index (χ4v) is 3.98. The van der Waals surface area contributed by atoms with E-state index in [-0.39, 0.29) is 15.5 Å². The summed E-state index contributed by atoms with van der Waals surface area (Å²) in [6, 6.07) is 13.1. The number of carbonyl (C=O) groups excluding carboxylic acids is 1. The molecule has 0 fully saturated rings. The van der Waals surface area contributed by atoms with Crippen molar-refractivity contribution >= 4 is 33.2 Å². The standard InChI is InChI=1S/C17H19ClN2O3S/c1-17(2,3)20-24(22,23)15-11-12(9-10-14(15)18)16(21)19-13-7-5-4-6-8-13/h4-11,20H,1-3H3,(H,19,21). The van der Waals surface area contributed by atoms with Crippen molar-refractivity contribution in [1.82, 2.24) is 4.72 Å². The molecule has 0 atom stereocenters. The van der Waals surface area contributed by atoms with Crippen LogP contribution in [0.25, 0.3) is 0 Å². The predicted octanol–water partition coefficient (Wildman–Crippen LogP) is 3.67. The van der Waals surface area contributed by atoms with Gasteiger partial charge in [0.05, 0.1) is 5.02 Å². The second-order valence-corrected chi connectivity index (χ2v) is 8.38. The Morgan fingerprint density at radius 2 is 1.67 bits per heavy atom. The van der Waals surface area contributed by atoms with Crippen molar-refractivity contribution < 1.29 is 13.2 Å². The van der Waals surface area contributed by atoms with Gasteiger partial charge in [0.15, 0.2) is 0 Å². The fraction of sp³-hybridized carbons (Fsp3) is 0.235. The highest BCUT2D eigenvalue weighted by atomic mass is 35.5. The second-order valence-electron chi connectivity index (χ2n) is 6.32. The lowest BCUT2D eigenvalue weighted by atomic mass is 10.1. The first-order valence-corrected chi connectivity index (χ1v) is 9.14. The monoisotopic (exact) mass is 366 g/mol. The predicted molar refractivity (Wildman–Crippen MR) is 95.9 cm³/mol. The number of carbonyl (C=O) groups is 1. The maximum Gasteiger partial charge on any atom is 0.255 e. The third-order valence-corrected chi connectivity index (χ3v) is 5.19. The van der Waals surface area contributed by atoms with Crippen LogP contribution in [0.5, 0.6) is 0 Å². The Hall–Kier alpha value is -1.89. The van der Waals surface area contributed by atoms with Crippen LogP contribution in [-0.4, -0.2) is 19.9 Å². The van der Waals surface area contributed by atoms with Crippen molar-refractivity contribution in [1.29, 1.82) is 0 Å². The van der Waals surface area contributed by atoms with Crippen LogP contribution in [-0.2, 0) is 10.0 Å². The highest BCUT2D eigenvalue weighted by Crippen LogP contribution is 2.24. The zero-order valence-corrected chi connectivity index (χ0v) is 15.2. The highest BCUT2D eigenvalue weighted by Gasteiger charge is 2.25. The van der Waals surface area contributed by atoms with Crippen LogP contribution < -0.4 is 10.0 Å². The van der Waals surface area contributed by atoms with Crippen molar-refractivity contribution in [3.05, 3.63) is 59.1 Å². The van der Waals surface area contributed by atoms with Crippen LogP contribution in [0.15, 0.2) is 53.4 Å². The lowest BCUT2D eigenvalue weighted by Crippen LogP contribution is -2.40. The van der Waals surface area contributed by atoms with Crippen molar-refractivity contribution in [2.24, 2.45) is 0 Å². The molecule has 2 rings (SSSR count). The first-order chi connectivity index (χ1) is 11.1. The Kier molecular flexibility index (Phi) is 5.32. The minimum Gasteiger partial charge on any atom is -0.322 e. The third-order valence-electron chi connectivity index (χ3n) is 2.96. The van der Waals surface area contributed by atoms with Gasteiger partial charge in [-0.2, -0.15) is 0 Å². The molecule has 5 nitrogen and oxygen atoms in total. The van der Waals surface area contributed by atoms with Gasteiger partial charge < -0.3 is 5.32 Å². The van der Waals surface area contributed by atoms with E-state index in [2.05, 4.69) is 10.0 Å². The SMILES string of the molecule is CC(C)(C)NS(=O)(=O)c1cc(C(=O)Nc2ccccc2)ccc1Cl. The number of halogens is 1. The summed E-state index contributed by atoms with van der Waals surface area (Å²) >= 11 is 6.02. The molecule has 0 saturated heterocycles. The van der Waals surface area contributed by atoms with Crippen molar-refractivity contribution in [3.63, 3.8) is 0 Å². The number of hydrogen-bond donors (Lipinski definition) is 2. The van der Waals surface area contributed by atoms with E-state index in [1.807, 2.05) is 6.07 Å². The highest BCUT2D eigenvalue weighted by molar-refractivity contribution is 7.89. The molecule has 24 heavy (non-hydrogen) atoms. The molecule has 0 saturated carbocycles. The van der Waals surface area contributed by atoms with E-state index in [1.54, 1.807) is 45.0 Å². The zero-order valence-electron chi connectivity index (χ0n) is 13.6. The molecule has 0 spiro atoms. The molecule has 2 N–H and O–H groups in total. The third kappa shape index (κ3) is 4.80. The molecule has 128 valence electrons. The first-order valence-electron chi connectivity index (χ1n) is 7.28. The number of benzene rings is 2. The summed E-state index contributed by atoms with van der Waals surface area (Å²) in [7, 11) is -3.84. The summed E-state index contributed by atoms with van der Waals surface area (Å²) in [6.45, 7) is 5.18. The smallest absolute Gasteiger partial charge is 0.255 e. The van der Waals surface area contributed by atoms with Gasteiger partial charge in [0.1, 0.15) is 4.90 Å². The van der Waals surface area contributed by atoms with Gasteiger partial charge >= 0.3 is 0 Å². The zero-order chi connectivity index (χ0) is 18.0. The van der Waals surface area contributed by atoms with E-state index in [0.29, 0.717) is 5.69 Å². The van der Waals surface area contributed by atoms with Gasteiger partial charge in [0.2, 0.25) is 10.0 Å².